The zero-order chi connectivity index (χ0) is 19.4. The molecule has 0 spiro atoms. The topological polar surface area (TPSA) is 76.5 Å². The third kappa shape index (κ3) is 4.30. The number of likely N-dealkylation sites (tertiary alicyclic amines) is 1. The highest BCUT2D eigenvalue weighted by atomic mass is 16.5. The highest BCUT2D eigenvalue weighted by molar-refractivity contribution is 5.95. The van der Waals surface area contributed by atoms with Gasteiger partial charge in [-0.3, -0.25) is 9.59 Å². The molecule has 0 saturated carbocycles. The molecule has 1 atom stereocenters. The number of amides is 2. The molecule has 1 saturated heterocycles. The molecular formula is C20H26N4O3. The van der Waals surface area contributed by atoms with Crippen LogP contribution in [0.15, 0.2) is 36.5 Å². The number of nitrogens with one attached hydrogen (secondary N) is 1. The van der Waals surface area contributed by atoms with Gasteiger partial charge in [-0.2, -0.15) is 5.10 Å². The number of benzene rings is 1. The van der Waals surface area contributed by atoms with Gasteiger partial charge in [-0.1, -0.05) is 25.1 Å². The predicted molar refractivity (Wildman–Crippen MR) is 102 cm³/mol. The van der Waals surface area contributed by atoms with Gasteiger partial charge in [0.1, 0.15) is 0 Å². The van der Waals surface area contributed by atoms with Crippen molar-refractivity contribution in [1.29, 1.82) is 0 Å². The van der Waals surface area contributed by atoms with Gasteiger partial charge in [0.2, 0.25) is 5.91 Å². The Hall–Kier alpha value is -2.83. The summed E-state index contributed by atoms with van der Waals surface area (Å²) in [5, 5.41) is 7.36. The summed E-state index contributed by atoms with van der Waals surface area (Å²) in [4.78, 5) is 26.7. The van der Waals surface area contributed by atoms with Crippen LogP contribution < -0.4 is 10.1 Å². The van der Waals surface area contributed by atoms with Gasteiger partial charge in [-0.15, -0.1) is 0 Å². The molecule has 1 unspecified atom stereocenters. The second-order valence-corrected chi connectivity index (χ2v) is 6.98. The Kier molecular flexibility index (Phi) is 5.78. The van der Waals surface area contributed by atoms with Crippen LogP contribution in [0.25, 0.3) is 5.69 Å². The van der Waals surface area contributed by atoms with Gasteiger partial charge in [-0.05, 0) is 32.4 Å². The molecule has 27 heavy (non-hydrogen) atoms. The molecule has 1 fully saturated rings. The number of hydrogen-bond donors (Lipinski definition) is 1. The highest BCUT2D eigenvalue weighted by Crippen LogP contribution is 2.21. The number of nitrogens with zero attached hydrogens (tertiary/aromatic N) is 3. The molecule has 1 N–H and O–H groups in total. The Balaban J connectivity index is 1.79. The van der Waals surface area contributed by atoms with Crippen LogP contribution in [0.2, 0.25) is 0 Å². The average Bonchev–Trinajstić information content (AvgIpc) is 3.24. The van der Waals surface area contributed by atoms with Crippen LogP contribution in [-0.4, -0.2) is 51.7 Å². The minimum Gasteiger partial charge on any atom is -0.489 e. The van der Waals surface area contributed by atoms with Gasteiger partial charge in [-0.25, -0.2) is 4.68 Å². The molecule has 2 aromatic rings. The maximum Gasteiger partial charge on any atom is 0.275 e. The summed E-state index contributed by atoms with van der Waals surface area (Å²) in [6, 6.07) is 9.48. The van der Waals surface area contributed by atoms with E-state index in [0.29, 0.717) is 25.3 Å². The van der Waals surface area contributed by atoms with E-state index < -0.39 is 0 Å². The lowest BCUT2D eigenvalue weighted by Crippen LogP contribution is -2.39. The fourth-order valence-corrected chi connectivity index (χ4v) is 3.13. The molecule has 144 valence electrons. The van der Waals surface area contributed by atoms with Gasteiger partial charge in [0.25, 0.3) is 5.91 Å². The van der Waals surface area contributed by atoms with Gasteiger partial charge >= 0.3 is 0 Å². The van der Waals surface area contributed by atoms with Crippen LogP contribution in [0, 0.1) is 0 Å². The van der Waals surface area contributed by atoms with Crippen molar-refractivity contribution in [1.82, 2.24) is 20.0 Å². The van der Waals surface area contributed by atoms with E-state index in [1.807, 2.05) is 51.1 Å². The van der Waals surface area contributed by atoms with Crippen molar-refractivity contribution in [3.63, 3.8) is 0 Å². The number of ether oxygens (including phenoxy) is 1. The first-order valence-corrected chi connectivity index (χ1v) is 9.37. The van der Waals surface area contributed by atoms with E-state index in [9.17, 15) is 9.59 Å². The van der Waals surface area contributed by atoms with Crippen LogP contribution in [0.1, 0.15) is 44.1 Å². The van der Waals surface area contributed by atoms with Gasteiger partial charge in [0.05, 0.1) is 24.5 Å². The SMILES string of the molecule is CCCOc1cn(-c2ccccc2)nc1C(=O)NC1CC(=O)N(C(C)C)C1. The molecule has 1 aliphatic rings. The second-order valence-electron chi connectivity index (χ2n) is 6.98. The first-order chi connectivity index (χ1) is 13.0. The van der Waals surface area contributed by atoms with E-state index in [4.69, 9.17) is 4.74 Å². The lowest BCUT2D eigenvalue weighted by Gasteiger charge is -2.21. The molecule has 2 heterocycles. The van der Waals surface area contributed by atoms with Gasteiger partial charge < -0.3 is 15.0 Å². The van der Waals surface area contributed by atoms with Crippen molar-refractivity contribution in [3.8, 4) is 11.4 Å². The summed E-state index contributed by atoms with van der Waals surface area (Å²) in [6.45, 7) is 6.98. The molecule has 1 aliphatic heterocycles. The smallest absolute Gasteiger partial charge is 0.275 e. The summed E-state index contributed by atoms with van der Waals surface area (Å²) in [5.74, 6) is 0.190. The molecule has 7 nitrogen and oxygen atoms in total. The number of hydrogen-bond acceptors (Lipinski definition) is 4. The van der Waals surface area contributed by atoms with Crippen molar-refractivity contribution in [2.24, 2.45) is 0 Å². The van der Waals surface area contributed by atoms with Gasteiger partial charge in [0.15, 0.2) is 11.4 Å². The first-order valence-electron chi connectivity index (χ1n) is 9.37. The van der Waals surface area contributed by atoms with Crippen LogP contribution in [0.5, 0.6) is 5.75 Å². The third-order valence-corrected chi connectivity index (χ3v) is 4.50. The lowest BCUT2D eigenvalue weighted by molar-refractivity contribution is -0.129. The van der Waals surface area contributed by atoms with Gasteiger partial charge in [0, 0.05) is 19.0 Å². The quantitative estimate of drug-likeness (QED) is 0.812. The largest absolute Gasteiger partial charge is 0.489 e. The van der Waals surface area contributed by atoms with E-state index in [-0.39, 0.29) is 29.6 Å². The van der Waals surface area contributed by atoms with Crippen molar-refractivity contribution in [3.05, 3.63) is 42.2 Å². The molecule has 0 bridgehead atoms. The van der Waals surface area contributed by atoms with Crippen LogP contribution >= 0.6 is 0 Å². The number of carbonyl (C=O) groups is 2. The Labute approximate surface area is 159 Å². The zero-order valence-corrected chi connectivity index (χ0v) is 16.0. The fraction of sp³-hybridized carbons (Fsp3) is 0.450. The molecule has 3 rings (SSSR count). The van der Waals surface area contributed by atoms with E-state index in [1.54, 1.807) is 15.8 Å². The molecule has 1 aromatic carbocycles. The summed E-state index contributed by atoms with van der Waals surface area (Å²) in [6.07, 6.45) is 2.87. The predicted octanol–water partition coefficient (Wildman–Crippen LogP) is 2.40. The monoisotopic (exact) mass is 370 g/mol. The number of rotatable bonds is 7. The lowest BCUT2D eigenvalue weighted by atomic mass is 10.2. The number of carbonyl (C=O) groups excluding carboxylic acids is 2. The Bertz CT molecular complexity index is 801. The molecule has 2 amide bonds. The van der Waals surface area contributed by atoms with Crippen LogP contribution in [0.4, 0.5) is 0 Å². The van der Waals surface area contributed by atoms with E-state index in [0.717, 1.165) is 12.1 Å². The van der Waals surface area contributed by atoms with Crippen molar-refractivity contribution >= 4 is 11.8 Å². The molecule has 1 aromatic heterocycles. The Morgan fingerprint density at radius 2 is 2.07 bits per heavy atom. The van der Waals surface area contributed by atoms with Crippen molar-refractivity contribution in [2.45, 2.75) is 45.7 Å². The Morgan fingerprint density at radius 3 is 2.70 bits per heavy atom. The molecule has 0 radical (unpaired) electrons. The van der Waals surface area contributed by atoms with Crippen molar-refractivity contribution < 1.29 is 14.3 Å². The average molecular weight is 370 g/mol. The minimum atomic E-state index is -0.320. The summed E-state index contributed by atoms with van der Waals surface area (Å²) in [5.41, 5.74) is 1.09. The standard InChI is InChI=1S/C20H26N4O3/c1-4-10-27-17-13-24(16-8-6-5-7-9-16)22-19(17)20(26)21-15-11-18(25)23(12-15)14(2)3/h5-9,13-15H,4,10-12H2,1-3H3,(H,21,26). The molecule has 7 heteroatoms. The fourth-order valence-electron chi connectivity index (χ4n) is 3.13. The molecule has 0 aliphatic carbocycles. The van der Waals surface area contributed by atoms with E-state index >= 15 is 0 Å². The maximum atomic E-state index is 12.8. The van der Waals surface area contributed by atoms with E-state index in [1.165, 1.54) is 0 Å². The second kappa shape index (κ2) is 8.24. The molecular weight excluding hydrogens is 344 g/mol. The zero-order valence-electron chi connectivity index (χ0n) is 16.0. The summed E-state index contributed by atoms with van der Waals surface area (Å²) >= 11 is 0. The summed E-state index contributed by atoms with van der Waals surface area (Å²) in [7, 11) is 0. The number of para-hydroxylation sites is 1. The first kappa shape index (κ1) is 18.9. The minimum absolute atomic E-state index is 0.0626. The highest BCUT2D eigenvalue weighted by Gasteiger charge is 2.33. The third-order valence-electron chi connectivity index (χ3n) is 4.50. The number of aromatic nitrogens is 2. The van der Waals surface area contributed by atoms with Crippen molar-refractivity contribution in [2.75, 3.05) is 13.2 Å². The normalized spacial score (nSPS) is 16.8. The van der Waals surface area contributed by atoms with Crippen LogP contribution in [-0.2, 0) is 4.79 Å². The van der Waals surface area contributed by atoms with E-state index in [2.05, 4.69) is 10.4 Å². The Morgan fingerprint density at radius 1 is 1.33 bits per heavy atom. The summed E-state index contributed by atoms with van der Waals surface area (Å²) < 4.78 is 7.37. The van der Waals surface area contributed by atoms with Crippen LogP contribution in [0.3, 0.4) is 0 Å². The maximum absolute atomic E-state index is 12.8.